The first-order valence-electron chi connectivity index (χ1n) is 9.53. The molecule has 0 aliphatic rings. The first kappa shape index (κ1) is 19.3. The molecule has 0 saturated carbocycles. The summed E-state index contributed by atoms with van der Waals surface area (Å²) in [7, 11) is 0. The quantitative estimate of drug-likeness (QED) is 0.555. The van der Waals surface area contributed by atoms with E-state index in [2.05, 4.69) is 15.3 Å². The molecule has 6 nitrogen and oxygen atoms in total. The number of pyridine rings is 3. The van der Waals surface area contributed by atoms with Crippen molar-refractivity contribution in [3.63, 3.8) is 0 Å². The first-order chi connectivity index (χ1) is 14.6. The number of carbonyl (C=O) groups is 1. The Kier molecular flexibility index (Phi) is 5.48. The van der Waals surface area contributed by atoms with Crippen molar-refractivity contribution in [2.75, 3.05) is 5.32 Å². The number of carbonyl (C=O) groups excluding carboxylic acids is 1. The molecule has 6 heteroatoms. The lowest BCUT2D eigenvalue weighted by Crippen LogP contribution is -2.27. The number of para-hydroxylation sites is 1. The summed E-state index contributed by atoms with van der Waals surface area (Å²) in [6.07, 6.45) is 6.77. The zero-order valence-corrected chi connectivity index (χ0v) is 16.4. The van der Waals surface area contributed by atoms with Crippen LogP contribution in [0.25, 0.3) is 11.3 Å². The molecule has 0 bridgehead atoms. The zero-order valence-electron chi connectivity index (χ0n) is 16.4. The van der Waals surface area contributed by atoms with E-state index in [-0.39, 0.29) is 11.0 Å². The van der Waals surface area contributed by atoms with Gasteiger partial charge in [-0.05, 0) is 48.9 Å². The van der Waals surface area contributed by atoms with E-state index >= 15 is 0 Å². The maximum absolute atomic E-state index is 13.2. The van der Waals surface area contributed by atoms with E-state index < -0.39 is 5.91 Å². The largest absolute Gasteiger partial charge is 0.340 e. The monoisotopic (exact) mass is 396 g/mol. The second-order valence-electron chi connectivity index (χ2n) is 6.88. The molecule has 1 N–H and O–H groups in total. The summed E-state index contributed by atoms with van der Waals surface area (Å²) in [5, 5.41) is 2.84. The Balaban J connectivity index is 1.89. The minimum atomic E-state index is -0.450. The van der Waals surface area contributed by atoms with E-state index in [0.29, 0.717) is 23.5 Å². The third-order valence-electron chi connectivity index (χ3n) is 4.80. The van der Waals surface area contributed by atoms with Gasteiger partial charge in [-0.3, -0.25) is 19.6 Å². The zero-order chi connectivity index (χ0) is 20.9. The van der Waals surface area contributed by atoms with Gasteiger partial charge in [0, 0.05) is 54.3 Å². The Hall–Kier alpha value is -4.06. The molecular weight excluding hydrogens is 376 g/mol. The van der Waals surface area contributed by atoms with Gasteiger partial charge in [-0.1, -0.05) is 18.2 Å². The summed E-state index contributed by atoms with van der Waals surface area (Å²) in [5.74, 6) is -0.450. The highest BCUT2D eigenvalue weighted by atomic mass is 16.2. The SMILES string of the molecule is Cc1cc(=O)c(C(=O)Nc2ccccc2)c(-c2cccnc2)n1Cc1ccncc1. The van der Waals surface area contributed by atoms with Gasteiger partial charge >= 0.3 is 0 Å². The average molecular weight is 396 g/mol. The van der Waals surface area contributed by atoms with E-state index in [1.54, 1.807) is 43.0 Å². The van der Waals surface area contributed by atoms with Crippen molar-refractivity contribution in [1.29, 1.82) is 0 Å². The average Bonchev–Trinajstić information content (AvgIpc) is 2.77. The van der Waals surface area contributed by atoms with E-state index in [9.17, 15) is 9.59 Å². The third kappa shape index (κ3) is 4.03. The predicted octanol–water partition coefficient (Wildman–Crippen LogP) is 3.91. The van der Waals surface area contributed by atoms with E-state index in [1.807, 2.05) is 47.9 Å². The van der Waals surface area contributed by atoms with Crippen LogP contribution in [0, 0.1) is 6.92 Å². The topological polar surface area (TPSA) is 76.9 Å². The van der Waals surface area contributed by atoms with E-state index in [4.69, 9.17) is 0 Å². The minimum Gasteiger partial charge on any atom is -0.340 e. The van der Waals surface area contributed by atoms with Crippen LogP contribution in [-0.2, 0) is 6.54 Å². The van der Waals surface area contributed by atoms with Gasteiger partial charge in [-0.2, -0.15) is 0 Å². The van der Waals surface area contributed by atoms with Crippen LogP contribution in [0.3, 0.4) is 0 Å². The summed E-state index contributed by atoms with van der Waals surface area (Å²) < 4.78 is 1.97. The number of rotatable bonds is 5. The molecule has 4 rings (SSSR count). The van der Waals surface area contributed by atoms with Crippen LogP contribution < -0.4 is 10.7 Å². The van der Waals surface area contributed by atoms with Crippen molar-refractivity contribution in [2.24, 2.45) is 0 Å². The Labute approximate surface area is 173 Å². The van der Waals surface area contributed by atoms with Crippen molar-refractivity contribution in [3.05, 3.63) is 112 Å². The fraction of sp³-hybridized carbons (Fsp3) is 0.0833. The van der Waals surface area contributed by atoms with Crippen LogP contribution >= 0.6 is 0 Å². The Morgan fingerprint density at radius 2 is 1.73 bits per heavy atom. The van der Waals surface area contributed by atoms with Crippen LogP contribution in [0.5, 0.6) is 0 Å². The number of nitrogens with zero attached hydrogens (tertiary/aromatic N) is 3. The number of hydrogen-bond donors (Lipinski definition) is 1. The van der Waals surface area contributed by atoms with Crippen LogP contribution in [0.1, 0.15) is 21.6 Å². The number of benzene rings is 1. The molecule has 0 radical (unpaired) electrons. The normalized spacial score (nSPS) is 10.6. The highest BCUT2D eigenvalue weighted by Gasteiger charge is 2.22. The molecule has 30 heavy (non-hydrogen) atoms. The molecule has 148 valence electrons. The predicted molar refractivity (Wildman–Crippen MR) is 116 cm³/mol. The number of nitrogens with one attached hydrogen (secondary N) is 1. The summed E-state index contributed by atoms with van der Waals surface area (Å²) in [6.45, 7) is 2.35. The van der Waals surface area contributed by atoms with Gasteiger partial charge in [0.2, 0.25) is 0 Å². The van der Waals surface area contributed by atoms with Gasteiger partial charge in [0.15, 0.2) is 5.43 Å². The van der Waals surface area contributed by atoms with Gasteiger partial charge in [0.1, 0.15) is 5.56 Å². The maximum atomic E-state index is 13.2. The first-order valence-corrected chi connectivity index (χ1v) is 9.53. The highest BCUT2D eigenvalue weighted by Crippen LogP contribution is 2.25. The molecule has 1 aromatic carbocycles. The molecule has 1 amide bonds. The molecule has 0 spiro atoms. The van der Waals surface area contributed by atoms with Gasteiger partial charge in [0.25, 0.3) is 5.91 Å². The smallest absolute Gasteiger partial charge is 0.261 e. The standard InChI is InChI=1S/C24H20N4O2/c1-17-14-21(29)22(24(30)27-20-7-3-2-4-8-20)23(19-6-5-11-26-15-19)28(17)16-18-9-12-25-13-10-18/h2-15H,16H2,1H3,(H,27,30). The Morgan fingerprint density at radius 1 is 0.967 bits per heavy atom. The highest BCUT2D eigenvalue weighted by molar-refractivity contribution is 6.08. The minimum absolute atomic E-state index is 0.0894. The van der Waals surface area contributed by atoms with Crippen LogP contribution in [0.4, 0.5) is 5.69 Å². The van der Waals surface area contributed by atoms with Gasteiger partial charge < -0.3 is 9.88 Å². The third-order valence-corrected chi connectivity index (χ3v) is 4.80. The molecule has 4 aromatic rings. The second kappa shape index (κ2) is 8.53. The van der Waals surface area contributed by atoms with Crippen molar-refractivity contribution in [2.45, 2.75) is 13.5 Å². The van der Waals surface area contributed by atoms with E-state index in [1.165, 1.54) is 6.07 Å². The fourth-order valence-corrected chi connectivity index (χ4v) is 3.38. The maximum Gasteiger partial charge on any atom is 0.261 e. The summed E-state index contributed by atoms with van der Waals surface area (Å²) >= 11 is 0. The van der Waals surface area contributed by atoms with Crippen LogP contribution in [-0.4, -0.2) is 20.4 Å². The molecule has 0 aliphatic heterocycles. The van der Waals surface area contributed by atoms with E-state index in [0.717, 1.165) is 11.3 Å². The molecule has 3 heterocycles. The van der Waals surface area contributed by atoms with Gasteiger partial charge in [-0.25, -0.2) is 0 Å². The van der Waals surface area contributed by atoms with Crippen molar-refractivity contribution < 1.29 is 4.79 Å². The number of anilines is 1. The fourth-order valence-electron chi connectivity index (χ4n) is 3.38. The summed E-state index contributed by atoms with van der Waals surface area (Å²) in [5.41, 5.74) is 3.39. The Morgan fingerprint density at radius 3 is 2.43 bits per heavy atom. The lowest BCUT2D eigenvalue weighted by Gasteiger charge is -2.20. The molecule has 0 fully saturated rings. The molecular formula is C24H20N4O2. The number of amides is 1. The molecule has 3 aromatic heterocycles. The van der Waals surface area contributed by atoms with Crippen LogP contribution in [0.2, 0.25) is 0 Å². The lowest BCUT2D eigenvalue weighted by atomic mass is 10.0. The van der Waals surface area contributed by atoms with Gasteiger partial charge in [0.05, 0.1) is 5.69 Å². The molecule has 0 aliphatic carbocycles. The van der Waals surface area contributed by atoms with Crippen molar-refractivity contribution >= 4 is 11.6 Å². The molecule has 0 saturated heterocycles. The number of hydrogen-bond acceptors (Lipinski definition) is 4. The molecule has 0 atom stereocenters. The second-order valence-corrected chi connectivity index (χ2v) is 6.88. The lowest BCUT2D eigenvalue weighted by molar-refractivity contribution is 0.102. The molecule has 0 unspecified atom stereocenters. The summed E-state index contributed by atoms with van der Waals surface area (Å²) in [4.78, 5) is 34.4. The van der Waals surface area contributed by atoms with Crippen LogP contribution in [0.15, 0.2) is 90.2 Å². The summed E-state index contributed by atoms with van der Waals surface area (Å²) in [6, 6.07) is 18.1. The number of aromatic nitrogens is 3. The van der Waals surface area contributed by atoms with Crippen molar-refractivity contribution in [3.8, 4) is 11.3 Å². The Bertz CT molecular complexity index is 1220. The number of aryl methyl sites for hydroxylation is 1. The van der Waals surface area contributed by atoms with Gasteiger partial charge in [-0.15, -0.1) is 0 Å². The van der Waals surface area contributed by atoms with Crippen molar-refractivity contribution in [1.82, 2.24) is 14.5 Å².